The Morgan fingerprint density at radius 1 is 1.33 bits per heavy atom. The second kappa shape index (κ2) is 6.49. The smallest absolute Gasteiger partial charge is 0.354 e. The summed E-state index contributed by atoms with van der Waals surface area (Å²) in [7, 11) is 6.94. The number of fused-ring (bicyclic) bond motifs is 1. The number of esters is 1. The summed E-state index contributed by atoms with van der Waals surface area (Å²) in [4.78, 5) is 13.9. The minimum atomic E-state index is -0.338. The molecule has 0 aliphatic carbocycles. The molecule has 1 aromatic heterocycles. The van der Waals surface area contributed by atoms with Crippen LogP contribution in [0.3, 0.4) is 0 Å². The van der Waals surface area contributed by atoms with Crippen molar-refractivity contribution in [1.82, 2.24) is 4.57 Å². The molecule has 0 unspecified atom stereocenters. The molecule has 0 spiro atoms. The maximum absolute atomic E-state index is 11.8. The van der Waals surface area contributed by atoms with Gasteiger partial charge in [-0.3, -0.25) is 0 Å². The standard InChI is InChI=1S/C15H19BrN2O3/c1-17(5-6-20-3)11-7-10-8-13(15(19)21-4)18(2)14(10)12(16)9-11/h7-9H,5-6H2,1-4H3. The van der Waals surface area contributed by atoms with Crippen LogP contribution in [0.25, 0.3) is 10.9 Å². The van der Waals surface area contributed by atoms with Crippen molar-refractivity contribution in [2.45, 2.75) is 0 Å². The van der Waals surface area contributed by atoms with Crippen molar-refractivity contribution < 1.29 is 14.3 Å². The molecular weight excluding hydrogens is 336 g/mol. The van der Waals surface area contributed by atoms with E-state index in [0.29, 0.717) is 12.3 Å². The van der Waals surface area contributed by atoms with E-state index in [9.17, 15) is 4.79 Å². The quantitative estimate of drug-likeness (QED) is 0.774. The highest BCUT2D eigenvalue weighted by atomic mass is 79.9. The number of carbonyl (C=O) groups is 1. The summed E-state index contributed by atoms with van der Waals surface area (Å²) in [5.74, 6) is -0.338. The number of halogens is 1. The largest absolute Gasteiger partial charge is 0.464 e. The van der Waals surface area contributed by atoms with Crippen molar-refractivity contribution in [2.75, 3.05) is 39.3 Å². The molecule has 0 saturated heterocycles. The van der Waals surface area contributed by atoms with Gasteiger partial charge in [-0.15, -0.1) is 0 Å². The van der Waals surface area contributed by atoms with Gasteiger partial charge in [0.15, 0.2) is 0 Å². The number of likely N-dealkylation sites (N-methyl/N-ethyl adjacent to an activating group) is 1. The zero-order valence-electron chi connectivity index (χ0n) is 12.6. The van der Waals surface area contributed by atoms with E-state index >= 15 is 0 Å². The van der Waals surface area contributed by atoms with Crippen molar-refractivity contribution in [3.05, 3.63) is 28.4 Å². The molecule has 1 aromatic carbocycles. The third-order valence-corrected chi connectivity index (χ3v) is 4.14. The third kappa shape index (κ3) is 3.06. The number of aryl methyl sites for hydroxylation is 1. The number of carbonyl (C=O) groups excluding carboxylic acids is 1. The van der Waals surface area contributed by atoms with Gasteiger partial charge in [0.25, 0.3) is 0 Å². The van der Waals surface area contributed by atoms with Crippen LogP contribution in [0.15, 0.2) is 22.7 Å². The lowest BCUT2D eigenvalue weighted by Gasteiger charge is -2.19. The zero-order valence-corrected chi connectivity index (χ0v) is 14.2. The highest BCUT2D eigenvalue weighted by Crippen LogP contribution is 2.32. The molecule has 2 aromatic rings. The highest BCUT2D eigenvalue weighted by molar-refractivity contribution is 9.10. The first-order chi connectivity index (χ1) is 9.99. The van der Waals surface area contributed by atoms with E-state index in [1.807, 2.05) is 30.8 Å². The predicted octanol–water partition coefficient (Wildman–Crippen LogP) is 2.81. The SMILES string of the molecule is COCCN(C)c1cc(Br)c2c(c1)cc(C(=O)OC)n2C. The molecule has 0 fully saturated rings. The number of methoxy groups -OCH3 is 2. The Morgan fingerprint density at radius 3 is 2.67 bits per heavy atom. The molecule has 0 saturated carbocycles. The number of aromatic nitrogens is 1. The Morgan fingerprint density at radius 2 is 2.05 bits per heavy atom. The van der Waals surface area contributed by atoms with Gasteiger partial charge < -0.3 is 18.9 Å². The monoisotopic (exact) mass is 354 g/mol. The summed E-state index contributed by atoms with van der Waals surface area (Å²) < 4.78 is 12.7. The molecule has 0 N–H and O–H groups in total. The van der Waals surface area contributed by atoms with Gasteiger partial charge in [0.2, 0.25) is 0 Å². The third-order valence-electron chi connectivity index (χ3n) is 3.53. The molecule has 5 nitrogen and oxygen atoms in total. The first-order valence-electron chi connectivity index (χ1n) is 6.57. The minimum Gasteiger partial charge on any atom is -0.464 e. The van der Waals surface area contributed by atoms with Crippen LogP contribution in [0.4, 0.5) is 5.69 Å². The van der Waals surface area contributed by atoms with Gasteiger partial charge in [0.1, 0.15) is 5.69 Å². The molecule has 6 heteroatoms. The Balaban J connectivity index is 2.48. The molecule has 21 heavy (non-hydrogen) atoms. The molecule has 1 heterocycles. The molecule has 0 radical (unpaired) electrons. The number of hydrogen-bond acceptors (Lipinski definition) is 4. The van der Waals surface area contributed by atoms with Gasteiger partial charge >= 0.3 is 5.97 Å². The fraction of sp³-hybridized carbons (Fsp3) is 0.400. The fourth-order valence-electron chi connectivity index (χ4n) is 2.31. The Labute approximate surface area is 132 Å². The van der Waals surface area contributed by atoms with E-state index in [-0.39, 0.29) is 5.97 Å². The van der Waals surface area contributed by atoms with Gasteiger partial charge in [-0.2, -0.15) is 0 Å². The Bertz CT molecular complexity index is 666. The van der Waals surface area contributed by atoms with Crippen LogP contribution in [0, 0.1) is 0 Å². The van der Waals surface area contributed by atoms with Crippen molar-refractivity contribution in [3.63, 3.8) is 0 Å². The lowest BCUT2D eigenvalue weighted by atomic mass is 10.2. The topological polar surface area (TPSA) is 43.7 Å². The summed E-state index contributed by atoms with van der Waals surface area (Å²) in [5.41, 5.74) is 2.57. The summed E-state index contributed by atoms with van der Waals surface area (Å²) in [6, 6.07) is 5.95. The summed E-state index contributed by atoms with van der Waals surface area (Å²) in [6.45, 7) is 1.46. The second-order valence-electron chi connectivity index (χ2n) is 4.86. The van der Waals surface area contributed by atoms with Crippen molar-refractivity contribution in [1.29, 1.82) is 0 Å². The molecule has 0 amide bonds. The summed E-state index contributed by atoms with van der Waals surface area (Å²) >= 11 is 3.59. The van der Waals surface area contributed by atoms with Crippen LogP contribution >= 0.6 is 15.9 Å². The molecule has 0 bridgehead atoms. The molecule has 114 valence electrons. The van der Waals surface area contributed by atoms with Gasteiger partial charge in [-0.25, -0.2) is 4.79 Å². The van der Waals surface area contributed by atoms with Crippen LogP contribution in [-0.4, -0.2) is 45.0 Å². The average molecular weight is 355 g/mol. The number of rotatable bonds is 5. The first-order valence-corrected chi connectivity index (χ1v) is 7.36. The maximum Gasteiger partial charge on any atom is 0.354 e. The van der Waals surface area contributed by atoms with Crippen LogP contribution in [-0.2, 0) is 16.5 Å². The van der Waals surface area contributed by atoms with Crippen molar-refractivity contribution in [2.24, 2.45) is 7.05 Å². The van der Waals surface area contributed by atoms with Gasteiger partial charge in [-0.1, -0.05) is 0 Å². The molecule has 0 atom stereocenters. The van der Waals surface area contributed by atoms with E-state index in [2.05, 4.69) is 26.9 Å². The average Bonchev–Trinajstić information content (AvgIpc) is 2.81. The van der Waals surface area contributed by atoms with Gasteiger partial charge in [-0.05, 0) is 34.1 Å². The van der Waals surface area contributed by atoms with Gasteiger partial charge in [0, 0.05) is 43.3 Å². The number of anilines is 1. The highest BCUT2D eigenvalue weighted by Gasteiger charge is 2.16. The molecular formula is C15H19BrN2O3. The Kier molecular flexibility index (Phi) is 4.90. The molecule has 0 aliphatic heterocycles. The summed E-state index contributed by atoms with van der Waals surface area (Å²) in [6.07, 6.45) is 0. The van der Waals surface area contributed by atoms with Crippen LogP contribution < -0.4 is 4.90 Å². The van der Waals surface area contributed by atoms with E-state index in [4.69, 9.17) is 9.47 Å². The fourth-order valence-corrected chi connectivity index (χ4v) is 3.04. The predicted molar refractivity (Wildman–Crippen MR) is 87.1 cm³/mol. The normalized spacial score (nSPS) is 10.9. The minimum absolute atomic E-state index is 0.338. The zero-order chi connectivity index (χ0) is 15.6. The van der Waals surface area contributed by atoms with Crippen LogP contribution in [0.2, 0.25) is 0 Å². The molecule has 2 rings (SSSR count). The van der Waals surface area contributed by atoms with E-state index in [0.717, 1.165) is 27.6 Å². The van der Waals surface area contributed by atoms with Crippen molar-refractivity contribution in [3.8, 4) is 0 Å². The Hall–Kier alpha value is -1.53. The van der Waals surface area contributed by atoms with Crippen LogP contribution in [0.5, 0.6) is 0 Å². The maximum atomic E-state index is 11.8. The number of ether oxygens (including phenoxy) is 2. The number of hydrogen-bond donors (Lipinski definition) is 0. The van der Waals surface area contributed by atoms with Crippen LogP contribution in [0.1, 0.15) is 10.5 Å². The van der Waals surface area contributed by atoms with Crippen molar-refractivity contribution >= 4 is 38.5 Å². The summed E-state index contributed by atoms with van der Waals surface area (Å²) in [5, 5.41) is 0.992. The lowest BCUT2D eigenvalue weighted by Crippen LogP contribution is -2.21. The van der Waals surface area contributed by atoms with E-state index in [1.165, 1.54) is 7.11 Å². The van der Waals surface area contributed by atoms with Gasteiger partial charge in [0.05, 0.1) is 19.2 Å². The van der Waals surface area contributed by atoms with E-state index < -0.39 is 0 Å². The number of nitrogens with zero attached hydrogens (tertiary/aromatic N) is 2. The second-order valence-corrected chi connectivity index (χ2v) is 5.71. The lowest BCUT2D eigenvalue weighted by molar-refractivity contribution is 0.0590. The first kappa shape index (κ1) is 15.9. The van der Waals surface area contributed by atoms with E-state index in [1.54, 1.807) is 7.11 Å². The molecule has 0 aliphatic rings. The number of benzene rings is 1.